The smallest absolute Gasteiger partial charge is 0.337 e. The van der Waals surface area contributed by atoms with Crippen LogP contribution in [0.25, 0.3) is 0 Å². The molecule has 15 heteroatoms. The van der Waals surface area contributed by atoms with Crippen molar-refractivity contribution in [1.82, 2.24) is 4.90 Å². The van der Waals surface area contributed by atoms with Crippen LogP contribution in [0.1, 0.15) is 41.5 Å². The fourth-order valence-electron chi connectivity index (χ4n) is 6.65. The van der Waals surface area contributed by atoms with Gasteiger partial charge in [0.2, 0.25) is 5.91 Å². The Bertz CT molecular complexity index is 1620. The number of halogens is 7. The van der Waals surface area contributed by atoms with Gasteiger partial charge in [-0.1, -0.05) is 35.9 Å². The van der Waals surface area contributed by atoms with Gasteiger partial charge >= 0.3 is 18.0 Å². The number of sulfone groups is 2. The second kappa shape index (κ2) is 9.66. The van der Waals surface area contributed by atoms with E-state index >= 15 is 0 Å². The van der Waals surface area contributed by atoms with Gasteiger partial charge in [0, 0.05) is 12.1 Å². The normalized spacial score (nSPS) is 26.1. The third-order valence-electron chi connectivity index (χ3n) is 8.74. The van der Waals surface area contributed by atoms with E-state index in [4.69, 9.17) is 0 Å². The summed E-state index contributed by atoms with van der Waals surface area (Å²) in [5.74, 6) is -2.08. The first-order chi connectivity index (χ1) is 19.3. The molecule has 0 spiro atoms. The first kappa shape index (κ1) is 30.8. The predicted octanol–water partition coefficient (Wildman–Crippen LogP) is 4.94. The van der Waals surface area contributed by atoms with E-state index in [9.17, 15) is 52.4 Å². The van der Waals surface area contributed by atoms with Crippen molar-refractivity contribution in [3.8, 4) is 0 Å². The monoisotopic (exact) mass is 641 g/mol. The Labute approximate surface area is 237 Å². The number of fused-ring (bicyclic) bond motifs is 3. The summed E-state index contributed by atoms with van der Waals surface area (Å²) in [6.45, 7) is 1.58. The van der Waals surface area contributed by atoms with E-state index in [1.807, 2.05) is 0 Å². The third-order valence-corrected chi connectivity index (χ3v) is 13.1. The zero-order valence-corrected chi connectivity index (χ0v) is 23.7. The third kappa shape index (κ3) is 4.44. The lowest BCUT2D eigenvalue weighted by Crippen LogP contribution is -2.53. The Morgan fingerprint density at radius 2 is 1.57 bits per heavy atom. The van der Waals surface area contributed by atoms with Gasteiger partial charge in [-0.25, -0.2) is 21.2 Å². The molecule has 2 saturated heterocycles. The first-order valence-corrected chi connectivity index (χ1v) is 16.4. The van der Waals surface area contributed by atoms with E-state index in [2.05, 4.69) is 0 Å². The van der Waals surface area contributed by atoms with Gasteiger partial charge in [0.1, 0.15) is 4.75 Å². The summed E-state index contributed by atoms with van der Waals surface area (Å²) in [6, 6.07) is 6.14. The number of rotatable bonds is 4. The minimum absolute atomic E-state index is 0.0511. The highest BCUT2D eigenvalue weighted by Gasteiger charge is 2.74. The molecule has 3 unspecified atom stereocenters. The molecule has 42 heavy (non-hydrogen) atoms. The van der Waals surface area contributed by atoms with Crippen LogP contribution in [0, 0.1) is 12.8 Å². The number of nitrogens with zero attached hydrogens (tertiary/aromatic N) is 1. The molecule has 2 aromatic rings. The van der Waals surface area contributed by atoms with Gasteiger partial charge in [0.15, 0.2) is 19.7 Å². The number of carbonyl (C=O) groups excluding carboxylic acids is 1. The molecule has 0 bridgehead atoms. The summed E-state index contributed by atoms with van der Waals surface area (Å²) < 4.78 is 147. The van der Waals surface area contributed by atoms with E-state index in [0.29, 0.717) is 12.1 Å². The van der Waals surface area contributed by atoms with Gasteiger partial charge in [-0.05, 0) is 55.9 Å². The highest BCUT2D eigenvalue weighted by molar-refractivity contribution is 7.92. The standard InChI is InChI=1S/C27H26F7NO5S2/c1-16-2-6-20(7-3-16)42(39,40)24-11-12-35(23(36)18-10-13-41(37,38)15-18)22(24)9-4-17-14-19(5-8-21(17)24)25(28,26(29,30)31)27(32,33)34/h2-3,5-8,14,18,22H,4,9-13,15H2,1H3. The molecular weight excluding hydrogens is 615 g/mol. The quantitative estimate of drug-likeness (QED) is 0.442. The number of alkyl halides is 7. The molecule has 0 aromatic heterocycles. The van der Waals surface area contributed by atoms with Gasteiger partial charge in [-0.15, -0.1) is 0 Å². The fourth-order valence-corrected chi connectivity index (χ4v) is 10.7. The van der Waals surface area contributed by atoms with Crippen LogP contribution in [0.5, 0.6) is 0 Å². The Balaban J connectivity index is 1.68. The lowest BCUT2D eigenvalue weighted by Gasteiger charge is -2.43. The first-order valence-electron chi connectivity index (χ1n) is 13.0. The van der Waals surface area contributed by atoms with Crippen molar-refractivity contribution in [1.29, 1.82) is 0 Å². The maximum atomic E-state index is 14.9. The topological polar surface area (TPSA) is 88.6 Å². The van der Waals surface area contributed by atoms with Crippen molar-refractivity contribution in [2.75, 3.05) is 18.1 Å². The highest BCUT2D eigenvalue weighted by Crippen LogP contribution is 2.57. The van der Waals surface area contributed by atoms with Crippen LogP contribution in [-0.2, 0) is 41.3 Å². The number of hydrogen-bond donors (Lipinski definition) is 0. The van der Waals surface area contributed by atoms with Crippen LogP contribution >= 0.6 is 0 Å². The second-order valence-corrected chi connectivity index (χ2v) is 15.6. The number of aryl methyl sites for hydroxylation is 2. The van der Waals surface area contributed by atoms with Crippen LogP contribution in [0.3, 0.4) is 0 Å². The highest BCUT2D eigenvalue weighted by atomic mass is 32.2. The van der Waals surface area contributed by atoms with E-state index in [1.165, 1.54) is 29.2 Å². The van der Waals surface area contributed by atoms with Crippen LogP contribution < -0.4 is 0 Å². The van der Waals surface area contributed by atoms with Gasteiger partial charge < -0.3 is 4.90 Å². The zero-order chi connectivity index (χ0) is 31.1. The SMILES string of the molecule is Cc1ccc(S(=O)(=O)C23CCN(C(=O)C4CCS(=O)(=O)C4)C2CCc2cc(C(F)(C(F)(F)F)C(F)(F)F)ccc23)cc1. The molecule has 2 fully saturated rings. The van der Waals surface area contributed by atoms with Crippen LogP contribution in [0.2, 0.25) is 0 Å². The molecular formula is C27H26F7NO5S2. The van der Waals surface area contributed by atoms with Crippen molar-refractivity contribution in [3.05, 3.63) is 64.7 Å². The molecule has 3 aliphatic rings. The predicted molar refractivity (Wildman–Crippen MR) is 137 cm³/mol. The van der Waals surface area contributed by atoms with Gasteiger partial charge in [-0.3, -0.25) is 4.79 Å². The zero-order valence-electron chi connectivity index (χ0n) is 22.1. The van der Waals surface area contributed by atoms with E-state index in [1.54, 1.807) is 6.92 Å². The molecule has 3 atom stereocenters. The summed E-state index contributed by atoms with van der Waals surface area (Å²) in [6.07, 6.45) is -13.3. The summed E-state index contributed by atoms with van der Waals surface area (Å²) >= 11 is 0. The fraction of sp³-hybridized carbons (Fsp3) is 0.519. The average Bonchev–Trinajstić information content (AvgIpc) is 3.47. The van der Waals surface area contributed by atoms with Crippen molar-refractivity contribution in [2.24, 2.45) is 5.92 Å². The minimum atomic E-state index is -6.35. The lowest BCUT2D eigenvalue weighted by molar-refractivity contribution is -0.348. The van der Waals surface area contributed by atoms with Crippen molar-refractivity contribution >= 4 is 25.6 Å². The molecule has 230 valence electrons. The summed E-state index contributed by atoms with van der Waals surface area (Å²) in [5.41, 5.74) is -7.00. The summed E-state index contributed by atoms with van der Waals surface area (Å²) in [7, 11) is -7.93. The molecule has 5 rings (SSSR count). The Morgan fingerprint density at radius 3 is 2.12 bits per heavy atom. The number of amides is 1. The van der Waals surface area contributed by atoms with Crippen molar-refractivity contribution in [3.63, 3.8) is 0 Å². The maximum Gasteiger partial charge on any atom is 0.435 e. The second-order valence-electron chi connectivity index (χ2n) is 11.2. The molecule has 0 radical (unpaired) electrons. The van der Waals surface area contributed by atoms with Crippen molar-refractivity contribution in [2.45, 2.75) is 66.3 Å². The minimum Gasteiger partial charge on any atom is -0.337 e. The molecule has 0 saturated carbocycles. The molecule has 6 nitrogen and oxygen atoms in total. The average molecular weight is 642 g/mol. The molecule has 2 heterocycles. The number of carbonyl (C=O) groups is 1. The molecule has 0 N–H and O–H groups in total. The Kier molecular flexibility index (Phi) is 7.08. The summed E-state index contributed by atoms with van der Waals surface area (Å²) in [4.78, 5) is 14.6. The maximum absolute atomic E-state index is 14.9. The number of benzene rings is 2. The van der Waals surface area contributed by atoms with Crippen LogP contribution in [0.15, 0.2) is 47.4 Å². The number of likely N-dealkylation sites (tertiary alicyclic amines) is 1. The molecule has 1 aliphatic carbocycles. The van der Waals surface area contributed by atoms with E-state index < -0.39 is 71.6 Å². The van der Waals surface area contributed by atoms with Gasteiger partial charge in [0.05, 0.1) is 28.4 Å². The molecule has 1 amide bonds. The Hall–Kier alpha value is -2.68. The summed E-state index contributed by atoms with van der Waals surface area (Å²) in [5, 5.41) is 0. The van der Waals surface area contributed by atoms with Crippen LogP contribution in [-0.4, -0.2) is 64.1 Å². The van der Waals surface area contributed by atoms with Crippen molar-refractivity contribution < 1.29 is 52.4 Å². The van der Waals surface area contributed by atoms with Gasteiger partial charge in [0.25, 0.3) is 0 Å². The molecule has 2 aliphatic heterocycles. The van der Waals surface area contributed by atoms with E-state index in [0.717, 1.165) is 11.6 Å². The van der Waals surface area contributed by atoms with Gasteiger partial charge in [-0.2, -0.15) is 26.3 Å². The largest absolute Gasteiger partial charge is 0.435 e. The molecule has 2 aromatic carbocycles. The van der Waals surface area contributed by atoms with E-state index in [-0.39, 0.29) is 54.0 Å². The Morgan fingerprint density at radius 1 is 0.952 bits per heavy atom. The number of hydrogen-bond acceptors (Lipinski definition) is 5. The van der Waals surface area contributed by atoms with Crippen LogP contribution in [0.4, 0.5) is 30.7 Å². The lowest BCUT2D eigenvalue weighted by atomic mass is 9.76.